The molecule has 0 atom stereocenters. The van der Waals surface area contributed by atoms with Gasteiger partial charge in [-0.2, -0.15) is 0 Å². The Morgan fingerprint density at radius 1 is 1.19 bits per heavy atom. The van der Waals surface area contributed by atoms with Crippen LogP contribution in [0, 0.1) is 6.92 Å². The van der Waals surface area contributed by atoms with Crippen LogP contribution >= 0.6 is 0 Å². The first-order valence-corrected chi connectivity index (χ1v) is 9.81. The second kappa shape index (κ2) is 7.77. The topological polar surface area (TPSA) is 37.4 Å². The lowest BCUT2D eigenvalue weighted by Crippen LogP contribution is -2.42. The summed E-state index contributed by atoms with van der Waals surface area (Å²) >= 11 is 0. The van der Waals surface area contributed by atoms with Crippen LogP contribution in [0.2, 0.25) is 0 Å². The van der Waals surface area contributed by atoms with Crippen LogP contribution in [-0.4, -0.2) is 43.2 Å². The number of hydrogen-bond donors (Lipinski definition) is 1. The Kier molecular flexibility index (Phi) is 5.23. The first-order valence-electron chi connectivity index (χ1n) is 9.81. The van der Waals surface area contributed by atoms with E-state index in [2.05, 4.69) is 46.4 Å². The molecule has 1 aromatic heterocycles. The second-order valence-corrected chi connectivity index (χ2v) is 7.60. The Bertz CT molecular complexity index is 764. The smallest absolute Gasteiger partial charge is 0.122 e. The maximum Gasteiger partial charge on any atom is 0.122 e. The van der Waals surface area contributed by atoms with Crippen molar-refractivity contribution in [2.75, 3.05) is 33.3 Å². The van der Waals surface area contributed by atoms with Crippen LogP contribution in [0.5, 0.6) is 5.75 Å². The van der Waals surface area contributed by atoms with Crippen molar-refractivity contribution in [2.45, 2.75) is 38.6 Å². The Morgan fingerprint density at radius 2 is 2.00 bits per heavy atom. The van der Waals surface area contributed by atoms with E-state index in [1.807, 2.05) is 6.20 Å². The zero-order valence-electron chi connectivity index (χ0n) is 15.9. The molecule has 0 radical (unpaired) electrons. The molecule has 0 bridgehead atoms. The maximum absolute atomic E-state index is 5.68. The normalized spacial score (nSPS) is 18.5. The second-order valence-electron chi connectivity index (χ2n) is 7.60. The summed E-state index contributed by atoms with van der Waals surface area (Å²) in [6, 6.07) is 8.88. The lowest BCUT2D eigenvalue weighted by atomic mass is 9.77. The zero-order chi connectivity index (χ0) is 17.9. The molecule has 4 heteroatoms. The molecule has 2 heterocycles. The Morgan fingerprint density at radius 3 is 2.69 bits per heavy atom. The summed E-state index contributed by atoms with van der Waals surface area (Å²) in [5.74, 6) is 1.67. The third-order valence-corrected chi connectivity index (χ3v) is 5.90. The van der Waals surface area contributed by atoms with Gasteiger partial charge >= 0.3 is 0 Å². The predicted molar refractivity (Wildman–Crippen MR) is 106 cm³/mol. The SMILES string of the molecule is COc1cc(-c2cc(CN3CCNCC3)ccn2)cc(C2CCC2)c1C. The molecule has 2 aliphatic rings. The summed E-state index contributed by atoms with van der Waals surface area (Å²) in [5.41, 5.74) is 6.30. The highest BCUT2D eigenvalue weighted by molar-refractivity contribution is 5.65. The van der Waals surface area contributed by atoms with Crippen molar-refractivity contribution in [2.24, 2.45) is 0 Å². The molecule has 1 saturated heterocycles. The van der Waals surface area contributed by atoms with E-state index in [1.165, 1.54) is 41.5 Å². The van der Waals surface area contributed by atoms with Gasteiger partial charge in [-0.05, 0) is 66.6 Å². The third kappa shape index (κ3) is 3.62. The predicted octanol–water partition coefficient (Wildman–Crippen LogP) is 3.74. The molecular weight excluding hydrogens is 322 g/mol. The fourth-order valence-electron chi connectivity index (χ4n) is 4.07. The van der Waals surface area contributed by atoms with Crippen LogP contribution < -0.4 is 10.1 Å². The van der Waals surface area contributed by atoms with Crippen LogP contribution in [0.15, 0.2) is 30.5 Å². The minimum absolute atomic E-state index is 0.688. The van der Waals surface area contributed by atoms with E-state index in [9.17, 15) is 0 Å². The van der Waals surface area contributed by atoms with Crippen molar-refractivity contribution in [3.8, 4) is 17.0 Å². The number of rotatable bonds is 5. The van der Waals surface area contributed by atoms with Gasteiger partial charge in [0.05, 0.1) is 12.8 Å². The molecule has 2 aromatic rings. The maximum atomic E-state index is 5.68. The average molecular weight is 351 g/mol. The number of aromatic nitrogens is 1. The number of nitrogens with one attached hydrogen (secondary N) is 1. The minimum atomic E-state index is 0.688. The van der Waals surface area contributed by atoms with Crippen molar-refractivity contribution in [3.63, 3.8) is 0 Å². The van der Waals surface area contributed by atoms with E-state index in [0.717, 1.165) is 44.2 Å². The highest BCUT2D eigenvalue weighted by Crippen LogP contribution is 2.42. The van der Waals surface area contributed by atoms with Crippen molar-refractivity contribution in [1.29, 1.82) is 0 Å². The summed E-state index contributed by atoms with van der Waals surface area (Å²) in [6.45, 7) is 7.57. The largest absolute Gasteiger partial charge is 0.496 e. The highest BCUT2D eigenvalue weighted by Gasteiger charge is 2.23. The molecule has 4 nitrogen and oxygen atoms in total. The molecule has 0 spiro atoms. The van der Waals surface area contributed by atoms with Gasteiger partial charge in [-0.1, -0.05) is 6.42 Å². The molecule has 0 amide bonds. The van der Waals surface area contributed by atoms with Gasteiger partial charge in [0.25, 0.3) is 0 Å². The van der Waals surface area contributed by atoms with Gasteiger partial charge in [0, 0.05) is 44.5 Å². The van der Waals surface area contributed by atoms with Crippen LogP contribution in [0.1, 0.15) is 41.9 Å². The van der Waals surface area contributed by atoms with Crippen LogP contribution in [-0.2, 0) is 6.54 Å². The number of ether oxygens (including phenoxy) is 1. The number of hydrogen-bond acceptors (Lipinski definition) is 4. The lowest BCUT2D eigenvalue weighted by Gasteiger charge is -2.29. The molecule has 1 saturated carbocycles. The number of benzene rings is 1. The van der Waals surface area contributed by atoms with Crippen molar-refractivity contribution < 1.29 is 4.74 Å². The molecule has 1 aliphatic heterocycles. The monoisotopic (exact) mass is 351 g/mol. The fourth-order valence-corrected chi connectivity index (χ4v) is 4.07. The number of piperazine rings is 1. The van der Waals surface area contributed by atoms with Crippen LogP contribution in [0.4, 0.5) is 0 Å². The molecule has 1 aliphatic carbocycles. The van der Waals surface area contributed by atoms with Crippen molar-refractivity contribution in [1.82, 2.24) is 15.2 Å². The van der Waals surface area contributed by atoms with Gasteiger partial charge in [-0.3, -0.25) is 9.88 Å². The molecule has 4 rings (SSSR count). The molecule has 1 N–H and O–H groups in total. The molecule has 26 heavy (non-hydrogen) atoms. The summed E-state index contributed by atoms with van der Waals surface area (Å²) in [4.78, 5) is 7.17. The van der Waals surface area contributed by atoms with Crippen molar-refractivity contribution in [3.05, 3.63) is 47.2 Å². The summed E-state index contributed by atoms with van der Waals surface area (Å²) in [7, 11) is 1.77. The number of methoxy groups -OCH3 is 1. The standard InChI is InChI=1S/C22H29N3O/c1-16-20(18-4-3-5-18)13-19(14-22(16)26-2)21-12-17(6-7-24-21)15-25-10-8-23-9-11-25/h6-7,12-14,18,23H,3-5,8-11,15H2,1-2H3. The summed E-state index contributed by atoms with van der Waals surface area (Å²) in [5, 5.41) is 3.42. The number of pyridine rings is 1. The Hall–Kier alpha value is -1.91. The van der Waals surface area contributed by atoms with Crippen molar-refractivity contribution >= 4 is 0 Å². The van der Waals surface area contributed by atoms with Gasteiger partial charge in [-0.15, -0.1) is 0 Å². The van der Waals surface area contributed by atoms with Gasteiger partial charge < -0.3 is 10.1 Å². The summed E-state index contributed by atoms with van der Waals surface area (Å²) < 4.78 is 5.68. The van der Waals surface area contributed by atoms with Crippen LogP contribution in [0.3, 0.4) is 0 Å². The van der Waals surface area contributed by atoms with Gasteiger partial charge in [0.2, 0.25) is 0 Å². The van der Waals surface area contributed by atoms with E-state index in [4.69, 9.17) is 4.74 Å². The quantitative estimate of drug-likeness (QED) is 0.890. The van der Waals surface area contributed by atoms with E-state index < -0.39 is 0 Å². The van der Waals surface area contributed by atoms with Gasteiger partial charge in [0.15, 0.2) is 0 Å². The Balaban J connectivity index is 1.63. The minimum Gasteiger partial charge on any atom is -0.496 e. The molecular formula is C22H29N3O. The van der Waals surface area contributed by atoms with E-state index in [1.54, 1.807) is 7.11 Å². The molecule has 2 fully saturated rings. The Labute approximate surface area is 156 Å². The van der Waals surface area contributed by atoms with Gasteiger partial charge in [0.1, 0.15) is 5.75 Å². The summed E-state index contributed by atoms with van der Waals surface area (Å²) in [6.07, 6.45) is 5.88. The first-order chi connectivity index (χ1) is 12.7. The highest BCUT2D eigenvalue weighted by atomic mass is 16.5. The first kappa shape index (κ1) is 17.5. The van der Waals surface area contributed by atoms with Gasteiger partial charge in [-0.25, -0.2) is 0 Å². The molecule has 138 valence electrons. The lowest BCUT2D eigenvalue weighted by molar-refractivity contribution is 0.233. The number of nitrogens with zero attached hydrogens (tertiary/aromatic N) is 2. The zero-order valence-corrected chi connectivity index (χ0v) is 15.9. The van der Waals surface area contributed by atoms with E-state index in [-0.39, 0.29) is 0 Å². The van der Waals surface area contributed by atoms with E-state index >= 15 is 0 Å². The molecule has 0 unspecified atom stereocenters. The molecule has 1 aromatic carbocycles. The average Bonchev–Trinajstić information content (AvgIpc) is 2.63. The van der Waals surface area contributed by atoms with Crippen LogP contribution in [0.25, 0.3) is 11.3 Å². The fraction of sp³-hybridized carbons (Fsp3) is 0.500. The third-order valence-electron chi connectivity index (χ3n) is 5.90. The van der Waals surface area contributed by atoms with E-state index in [0.29, 0.717) is 5.92 Å².